The molecule has 2 rings (SSSR count). The van der Waals surface area contributed by atoms with Crippen molar-refractivity contribution in [2.45, 2.75) is 30.3 Å². The minimum Gasteiger partial charge on any atom is -0.381 e. The molecule has 0 atom stereocenters. The van der Waals surface area contributed by atoms with Gasteiger partial charge in [0, 0.05) is 37.3 Å². The number of alkyl halides is 1. The molecule has 108 valence electrons. The molecular formula is C11H18BrN3O3S. The van der Waals surface area contributed by atoms with Gasteiger partial charge in [-0.05, 0) is 19.8 Å². The first-order chi connectivity index (χ1) is 8.88. The van der Waals surface area contributed by atoms with Crippen LogP contribution in [0.1, 0.15) is 18.7 Å². The van der Waals surface area contributed by atoms with E-state index >= 15 is 0 Å². The van der Waals surface area contributed by atoms with Crippen LogP contribution in [0.2, 0.25) is 0 Å². The van der Waals surface area contributed by atoms with Crippen LogP contribution in [-0.4, -0.2) is 42.1 Å². The fourth-order valence-corrected chi connectivity index (χ4v) is 4.40. The van der Waals surface area contributed by atoms with Gasteiger partial charge in [0.25, 0.3) is 10.0 Å². The number of aryl methyl sites for hydroxylation is 2. The van der Waals surface area contributed by atoms with Crippen molar-refractivity contribution in [2.24, 2.45) is 7.05 Å². The van der Waals surface area contributed by atoms with Gasteiger partial charge in [0.2, 0.25) is 0 Å². The maximum Gasteiger partial charge on any atom is 0.260 e. The predicted molar refractivity (Wildman–Crippen MR) is 74.8 cm³/mol. The number of hydrogen-bond donors (Lipinski definition) is 1. The molecule has 1 saturated heterocycles. The highest BCUT2D eigenvalue weighted by atomic mass is 79.9. The minimum atomic E-state index is -3.60. The molecule has 0 saturated carbocycles. The molecule has 1 aliphatic rings. The average molecular weight is 352 g/mol. The van der Waals surface area contributed by atoms with Crippen molar-refractivity contribution in [3.63, 3.8) is 0 Å². The quantitative estimate of drug-likeness (QED) is 0.819. The van der Waals surface area contributed by atoms with E-state index in [2.05, 4.69) is 25.6 Å². The molecule has 19 heavy (non-hydrogen) atoms. The Morgan fingerprint density at radius 3 is 2.63 bits per heavy atom. The molecule has 0 bridgehead atoms. The van der Waals surface area contributed by atoms with Crippen molar-refractivity contribution in [1.82, 2.24) is 14.3 Å². The third-order valence-corrected chi connectivity index (χ3v) is 5.94. The second-order valence-electron chi connectivity index (χ2n) is 4.87. The number of imidazole rings is 1. The number of halogens is 1. The number of aromatic nitrogens is 2. The van der Waals surface area contributed by atoms with Gasteiger partial charge in [0.05, 0.1) is 0 Å². The van der Waals surface area contributed by atoms with Crippen LogP contribution in [0.25, 0.3) is 0 Å². The van der Waals surface area contributed by atoms with Crippen molar-refractivity contribution >= 4 is 26.0 Å². The van der Waals surface area contributed by atoms with E-state index in [9.17, 15) is 8.42 Å². The zero-order valence-corrected chi connectivity index (χ0v) is 13.4. The average Bonchev–Trinajstić information content (AvgIpc) is 2.71. The van der Waals surface area contributed by atoms with Crippen LogP contribution in [-0.2, 0) is 21.8 Å². The summed E-state index contributed by atoms with van der Waals surface area (Å²) in [5.41, 5.74) is -0.484. The Balaban J connectivity index is 2.24. The molecule has 0 amide bonds. The first-order valence-electron chi connectivity index (χ1n) is 6.06. The Hall–Kier alpha value is -0.440. The maximum atomic E-state index is 12.4. The molecule has 8 heteroatoms. The molecule has 1 fully saturated rings. The van der Waals surface area contributed by atoms with Crippen LogP contribution in [0.5, 0.6) is 0 Å². The largest absolute Gasteiger partial charge is 0.381 e. The van der Waals surface area contributed by atoms with Gasteiger partial charge in [0.15, 0.2) is 5.03 Å². The molecule has 2 heterocycles. The molecule has 1 N–H and O–H groups in total. The van der Waals surface area contributed by atoms with Gasteiger partial charge in [-0.2, -0.15) is 0 Å². The van der Waals surface area contributed by atoms with Crippen molar-refractivity contribution in [3.8, 4) is 0 Å². The lowest BCUT2D eigenvalue weighted by molar-refractivity contribution is 0.0557. The van der Waals surface area contributed by atoms with Gasteiger partial charge < -0.3 is 9.30 Å². The van der Waals surface area contributed by atoms with E-state index in [1.165, 1.54) is 6.20 Å². The Kier molecular flexibility index (Phi) is 4.34. The first-order valence-corrected chi connectivity index (χ1v) is 8.67. The van der Waals surface area contributed by atoms with Crippen molar-refractivity contribution < 1.29 is 13.2 Å². The molecule has 0 aromatic carbocycles. The Labute approximate surface area is 121 Å². The number of ether oxygens (including phenoxy) is 1. The lowest BCUT2D eigenvalue weighted by atomic mass is 9.94. The Bertz CT molecular complexity index is 530. The minimum absolute atomic E-state index is 0.0688. The summed E-state index contributed by atoms with van der Waals surface area (Å²) >= 11 is 3.40. The summed E-state index contributed by atoms with van der Waals surface area (Å²) in [5, 5.41) is 0.633. The lowest BCUT2D eigenvalue weighted by Gasteiger charge is -2.35. The second-order valence-corrected chi connectivity index (χ2v) is 7.06. The summed E-state index contributed by atoms with van der Waals surface area (Å²) < 4.78 is 34.5. The van der Waals surface area contributed by atoms with E-state index in [1.54, 1.807) is 18.5 Å². The highest BCUT2D eigenvalue weighted by molar-refractivity contribution is 9.09. The molecule has 0 radical (unpaired) electrons. The second kappa shape index (κ2) is 5.51. The van der Waals surface area contributed by atoms with E-state index in [-0.39, 0.29) is 5.03 Å². The van der Waals surface area contributed by atoms with Crippen LogP contribution < -0.4 is 4.72 Å². The van der Waals surface area contributed by atoms with Gasteiger partial charge in [-0.25, -0.2) is 18.1 Å². The third kappa shape index (κ3) is 3.18. The number of nitrogens with one attached hydrogen (secondary N) is 1. The predicted octanol–water partition coefficient (Wildman–Crippen LogP) is 0.951. The van der Waals surface area contributed by atoms with E-state index in [0.29, 0.717) is 37.2 Å². The standard InChI is InChI=1S/C11H18BrN3O3S/c1-9-13-10(7-15(9)2)19(16,17)14-11(8-12)3-5-18-6-4-11/h7,14H,3-6,8H2,1-2H3. The number of hydrogen-bond acceptors (Lipinski definition) is 4. The zero-order valence-electron chi connectivity index (χ0n) is 11.0. The summed E-state index contributed by atoms with van der Waals surface area (Å²) in [6.07, 6.45) is 2.84. The van der Waals surface area contributed by atoms with Crippen LogP contribution in [0.3, 0.4) is 0 Å². The van der Waals surface area contributed by atoms with E-state index in [0.717, 1.165) is 0 Å². The molecule has 0 spiro atoms. The molecule has 0 unspecified atom stereocenters. The fraction of sp³-hybridized carbons (Fsp3) is 0.727. The molecule has 1 aromatic heterocycles. The van der Waals surface area contributed by atoms with Gasteiger partial charge in [-0.15, -0.1) is 0 Å². The first kappa shape index (κ1) is 15.0. The number of sulfonamides is 1. The zero-order chi connectivity index (χ0) is 14.1. The molecule has 0 aliphatic carbocycles. The summed E-state index contributed by atoms with van der Waals surface area (Å²) in [6, 6.07) is 0. The van der Waals surface area contributed by atoms with Crippen molar-refractivity contribution in [2.75, 3.05) is 18.5 Å². The summed E-state index contributed by atoms with van der Waals surface area (Å²) in [6.45, 7) is 2.90. The van der Waals surface area contributed by atoms with Crippen LogP contribution in [0.15, 0.2) is 11.2 Å². The maximum absolute atomic E-state index is 12.4. The number of nitrogens with zero attached hydrogens (tertiary/aromatic N) is 2. The van der Waals surface area contributed by atoms with E-state index in [4.69, 9.17) is 4.74 Å². The molecule has 1 aromatic rings. The van der Waals surface area contributed by atoms with Crippen LogP contribution in [0, 0.1) is 6.92 Å². The smallest absolute Gasteiger partial charge is 0.260 e. The van der Waals surface area contributed by atoms with Crippen LogP contribution >= 0.6 is 15.9 Å². The Morgan fingerprint density at radius 2 is 2.16 bits per heavy atom. The normalized spacial score (nSPS) is 19.5. The summed E-state index contributed by atoms with van der Waals surface area (Å²) in [7, 11) is -1.83. The lowest BCUT2D eigenvalue weighted by Crippen LogP contribution is -2.53. The monoisotopic (exact) mass is 351 g/mol. The highest BCUT2D eigenvalue weighted by Crippen LogP contribution is 2.25. The van der Waals surface area contributed by atoms with Gasteiger partial charge in [-0.3, -0.25) is 0 Å². The van der Waals surface area contributed by atoms with E-state index < -0.39 is 15.6 Å². The Morgan fingerprint density at radius 1 is 1.53 bits per heavy atom. The summed E-state index contributed by atoms with van der Waals surface area (Å²) in [5.74, 6) is 0.667. The van der Waals surface area contributed by atoms with Crippen molar-refractivity contribution in [3.05, 3.63) is 12.0 Å². The molecule has 6 nitrogen and oxygen atoms in total. The highest BCUT2D eigenvalue weighted by Gasteiger charge is 2.37. The third-order valence-electron chi connectivity index (χ3n) is 3.42. The van der Waals surface area contributed by atoms with Gasteiger partial charge in [-0.1, -0.05) is 15.9 Å². The SMILES string of the molecule is Cc1nc(S(=O)(=O)NC2(CBr)CCOCC2)cn1C. The topological polar surface area (TPSA) is 73.2 Å². The molecular weight excluding hydrogens is 334 g/mol. The fourth-order valence-electron chi connectivity index (χ4n) is 2.02. The van der Waals surface area contributed by atoms with Gasteiger partial charge in [0.1, 0.15) is 5.82 Å². The number of rotatable bonds is 4. The van der Waals surface area contributed by atoms with Crippen molar-refractivity contribution in [1.29, 1.82) is 0 Å². The van der Waals surface area contributed by atoms with Gasteiger partial charge >= 0.3 is 0 Å². The van der Waals surface area contributed by atoms with Crippen LogP contribution in [0.4, 0.5) is 0 Å². The molecule has 1 aliphatic heterocycles. The van der Waals surface area contributed by atoms with E-state index in [1.807, 2.05) is 0 Å². The summed E-state index contributed by atoms with van der Waals surface area (Å²) in [4.78, 5) is 4.08.